The maximum Gasteiger partial charge on any atom is 0.316 e. The SMILES string of the molecule is Brc1cccc2c1Nc1ccccc1S2.[MgH2]. The first-order valence-corrected chi connectivity index (χ1v) is 6.28. The summed E-state index contributed by atoms with van der Waals surface area (Å²) < 4.78 is 1.11. The molecule has 16 heavy (non-hydrogen) atoms. The van der Waals surface area contributed by atoms with Crippen LogP contribution in [-0.2, 0) is 0 Å². The van der Waals surface area contributed by atoms with Crippen LogP contribution in [0.4, 0.5) is 11.4 Å². The van der Waals surface area contributed by atoms with Gasteiger partial charge in [0, 0.05) is 14.3 Å². The monoisotopic (exact) mass is 303 g/mol. The van der Waals surface area contributed by atoms with Gasteiger partial charge in [-0.15, -0.1) is 0 Å². The molecule has 1 heterocycles. The lowest BCUT2D eigenvalue weighted by molar-refractivity contribution is 1.30. The van der Waals surface area contributed by atoms with Gasteiger partial charge >= 0.3 is 23.1 Å². The van der Waals surface area contributed by atoms with Crippen LogP contribution in [0.25, 0.3) is 0 Å². The summed E-state index contributed by atoms with van der Waals surface area (Å²) in [6.07, 6.45) is 0. The minimum atomic E-state index is 0. The second-order valence-corrected chi connectivity index (χ2v) is 5.27. The van der Waals surface area contributed by atoms with E-state index in [-0.39, 0.29) is 23.1 Å². The summed E-state index contributed by atoms with van der Waals surface area (Å²) in [4.78, 5) is 2.55. The molecule has 2 aromatic rings. The van der Waals surface area contributed by atoms with E-state index in [0.29, 0.717) is 0 Å². The molecule has 1 N–H and O–H groups in total. The molecular weight excluding hydrogens is 294 g/mol. The van der Waals surface area contributed by atoms with Crippen LogP contribution >= 0.6 is 27.7 Å². The van der Waals surface area contributed by atoms with E-state index in [1.807, 2.05) is 6.07 Å². The molecule has 0 radical (unpaired) electrons. The Morgan fingerprint density at radius 2 is 1.69 bits per heavy atom. The zero-order valence-electron chi connectivity index (χ0n) is 7.83. The molecule has 1 aliphatic rings. The van der Waals surface area contributed by atoms with Crippen molar-refractivity contribution >= 4 is 62.1 Å². The van der Waals surface area contributed by atoms with E-state index in [1.54, 1.807) is 11.8 Å². The third-order valence-electron chi connectivity index (χ3n) is 2.34. The Hall–Kier alpha value is -0.164. The number of anilines is 2. The first kappa shape index (κ1) is 12.3. The summed E-state index contributed by atoms with van der Waals surface area (Å²) in [5.41, 5.74) is 2.35. The van der Waals surface area contributed by atoms with Crippen LogP contribution in [-0.4, -0.2) is 23.1 Å². The molecule has 4 heteroatoms. The molecule has 0 atom stereocenters. The third-order valence-corrected chi connectivity index (χ3v) is 4.14. The van der Waals surface area contributed by atoms with Gasteiger partial charge in [0.05, 0.1) is 11.4 Å². The lowest BCUT2D eigenvalue weighted by Crippen LogP contribution is -1.99. The second-order valence-electron chi connectivity index (χ2n) is 3.34. The number of para-hydroxylation sites is 2. The zero-order valence-corrected chi connectivity index (χ0v) is 10.2. The predicted octanol–water partition coefficient (Wildman–Crippen LogP) is 3.74. The van der Waals surface area contributed by atoms with E-state index in [0.717, 1.165) is 4.47 Å². The predicted molar refractivity (Wildman–Crippen MR) is 76.5 cm³/mol. The summed E-state index contributed by atoms with van der Waals surface area (Å²) in [7, 11) is 0. The number of hydrogen-bond acceptors (Lipinski definition) is 2. The molecule has 0 bridgehead atoms. The molecule has 0 fully saturated rings. The molecule has 0 unspecified atom stereocenters. The molecule has 0 amide bonds. The largest absolute Gasteiger partial charge is 0.353 e. The van der Waals surface area contributed by atoms with Gasteiger partial charge in [0.2, 0.25) is 0 Å². The fraction of sp³-hybridized carbons (Fsp3) is 0. The fourth-order valence-corrected chi connectivity index (χ4v) is 3.24. The topological polar surface area (TPSA) is 12.0 Å². The highest BCUT2D eigenvalue weighted by molar-refractivity contribution is 9.10. The van der Waals surface area contributed by atoms with Gasteiger partial charge in [0.1, 0.15) is 0 Å². The van der Waals surface area contributed by atoms with Gasteiger partial charge in [-0.3, -0.25) is 0 Å². The van der Waals surface area contributed by atoms with Gasteiger partial charge in [-0.1, -0.05) is 30.0 Å². The third kappa shape index (κ3) is 2.11. The van der Waals surface area contributed by atoms with Gasteiger partial charge < -0.3 is 5.32 Å². The van der Waals surface area contributed by atoms with Crippen molar-refractivity contribution in [1.29, 1.82) is 0 Å². The quantitative estimate of drug-likeness (QED) is 0.635. The van der Waals surface area contributed by atoms with Crippen LogP contribution < -0.4 is 5.32 Å². The van der Waals surface area contributed by atoms with E-state index < -0.39 is 0 Å². The van der Waals surface area contributed by atoms with Gasteiger partial charge in [-0.05, 0) is 40.2 Å². The van der Waals surface area contributed by atoms with Crippen molar-refractivity contribution in [2.24, 2.45) is 0 Å². The number of rotatable bonds is 0. The highest BCUT2D eigenvalue weighted by Crippen LogP contribution is 2.46. The smallest absolute Gasteiger partial charge is 0.316 e. The number of nitrogens with one attached hydrogen (secondary N) is 1. The summed E-state index contributed by atoms with van der Waals surface area (Å²) in [6, 6.07) is 14.6. The van der Waals surface area contributed by atoms with Crippen molar-refractivity contribution in [3.05, 3.63) is 46.9 Å². The average Bonchev–Trinajstić information content (AvgIpc) is 2.27. The first-order valence-electron chi connectivity index (χ1n) is 4.67. The lowest BCUT2D eigenvalue weighted by atomic mass is 10.2. The van der Waals surface area contributed by atoms with Gasteiger partial charge in [-0.25, -0.2) is 0 Å². The molecular formula is C12H10BrMgNS. The lowest BCUT2D eigenvalue weighted by Gasteiger charge is -2.21. The van der Waals surface area contributed by atoms with Crippen LogP contribution in [0, 0.1) is 0 Å². The Kier molecular flexibility index (Phi) is 3.84. The Morgan fingerprint density at radius 1 is 0.938 bits per heavy atom. The van der Waals surface area contributed by atoms with Crippen LogP contribution in [0.3, 0.4) is 0 Å². The minimum absolute atomic E-state index is 0. The van der Waals surface area contributed by atoms with E-state index in [1.165, 1.54) is 21.2 Å². The molecule has 0 aliphatic carbocycles. The van der Waals surface area contributed by atoms with Crippen molar-refractivity contribution in [3.63, 3.8) is 0 Å². The van der Waals surface area contributed by atoms with E-state index in [2.05, 4.69) is 57.6 Å². The Morgan fingerprint density at radius 3 is 2.56 bits per heavy atom. The number of halogens is 1. The van der Waals surface area contributed by atoms with Crippen LogP contribution in [0.1, 0.15) is 0 Å². The summed E-state index contributed by atoms with van der Waals surface area (Å²) in [5, 5.41) is 3.44. The molecule has 2 aromatic carbocycles. The van der Waals surface area contributed by atoms with Gasteiger partial charge in [0.25, 0.3) is 0 Å². The molecule has 0 aromatic heterocycles. The van der Waals surface area contributed by atoms with Crippen LogP contribution in [0.5, 0.6) is 0 Å². The average molecular weight is 304 g/mol. The summed E-state index contributed by atoms with van der Waals surface area (Å²) in [6.45, 7) is 0. The zero-order chi connectivity index (χ0) is 10.3. The van der Waals surface area contributed by atoms with E-state index in [9.17, 15) is 0 Å². The van der Waals surface area contributed by atoms with E-state index in [4.69, 9.17) is 0 Å². The fourth-order valence-electron chi connectivity index (χ4n) is 1.62. The first-order chi connectivity index (χ1) is 7.34. The Labute approximate surface area is 123 Å². The van der Waals surface area contributed by atoms with Crippen molar-refractivity contribution in [3.8, 4) is 0 Å². The van der Waals surface area contributed by atoms with Crippen LogP contribution in [0.2, 0.25) is 0 Å². The normalized spacial score (nSPS) is 11.8. The number of hydrogen-bond donors (Lipinski definition) is 1. The van der Waals surface area contributed by atoms with Gasteiger partial charge in [0.15, 0.2) is 0 Å². The Bertz CT molecular complexity index is 530. The Balaban J connectivity index is 0.000000963. The van der Waals surface area contributed by atoms with Crippen LogP contribution in [0.15, 0.2) is 56.7 Å². The minimum Gasteiger partial charge on any atom is -0.353 e. The molecule has 1 aliphatic heterocycles. The van der Waals surface area contributed by atoms with Crippen molar-refractivity contribution < 1.29 is 0 Å². The van der Waals surface area contributed by atoms with Crippen molar-refractivity contribution in [2.75, 3.05) is 5.32 Å². The highest BCUT2D eigenvalue weighted by atomic mass is 79.9. The molecule has 0 spiro atoms. The molecule has 0 saturated carbocycles. The van der Waals surface area contributed by atoms with Crippen molar-refractivity contribution in [1.82, 2.24) is 0 Å². The second kappa shape index (κ2) is 5.00. The maximum atomic E-state index is 3.56. The van der Waals surface area contributed by atoms with E-state index >= 15 is 0 Å². The van der Waals surface area contributed by atoms with Gasteiger partial charge in [-0.2, -0.15) is 0 Å². The molecule has 78 valence electrons. The summed E-state index contributed by atoms with van der Waals surface area (Å²) >= 11 is 5.36. The number of benzene rings is 2. The van der Waals surface area contributed by atoms with Crippen molar-refractivity contribution in [2.45, 2.75) is 9.79 Å². The highest BCUT2D eigenvalue weighted by Gasteiger charge is 2.16. The standard InChI is InChI=1S/C12H8BrNS.Mg.2H/c13-8-4-3-7-11-12(8)14-9-5-1-2-6-10(9)15-11;;;/h1-7,14H;;;. The molecule has 1 nitrogen and oxygen atoms in total. The molecule has 3 rings (SSSR count). The number of fused-ring (bicyclic) bond motifs is 2. The summed E-state index contributed by atoms with van der Waals surface area (Å²) in [5.74, 6) is 0. The maximum absolute atomic E-state index is 3.56. The molecule has 0 saturated heterocycles.